The van der Waals surface area contributed by atoms with Gasteiger partial charge in [-0.3, -0.25) is 19.7 Å². The zero-order valence-electron chi connectivity index (χ0n) is 22.1. The molecule has 1 aliphatic carbocycles. The van der Waals surface area contributed by atoms with E-state index in [2.05, 4.69) is 20.2 Å². The van der Waals surface area contributed by atoms with Crippen LogP contribution in [0.2, 0.25) is 0 Å². The van der Waals surface area contributed by atoms with Crippen molar-refractivity contribution < 1.29 is 31.5 Å². The summed E-state index contributed by atoms with van der Waals surface area (Å²) < 4.78 is 63.2. The molecule has 0 saturated heterocycles. The molecule has 0 unspecified atom stereocenters. The Balaban J connectivity index is 1.41. The van der Waals surface area contributed by atoms with Gasteiger partial charge in [0.15, 0.2) is 9.84 Å². The Labute approximate surface area is 227 Å². The zero-order valence-corrected chi connectivity index (χ0v) is 22.9. The summed E-state index contributed by atoms with van der Waals surface area (Å²) in [5.41, 5.74) is 2.43. The summed E-state index contributed by atoms with van der Waals surface area (Å²) in [6.07, 6.45) is 0.839. The third kappa shape index (κ3) is 6.60. The Morgan fingerprint density at radius 1 is 1.15 bits per heavy atom. The molecule has 3 heterocycles. The van der Waals surface area contributed by atoms with Crippen LogP contribution in [0.5, 0.6) is 0 Å². The van der Waals surface area contributed by atoms with Gasteiger partial charge in [0.25, 0.3) is 5.91 Å². The lowest BCUT2D eigenvalue weighted by atomic mass is 9.81. The van der Waals surface area contributed by atoms with Crippen LogP contribution >= 0.6 is 0 Å². The van der Waals surface area contributed by atoms with Crippen LogP contribution < -0.4 is 5.32 Å². The van der Waals surface area contributed by atoms with Gasteiger partial charge in [0.05, 0.1) is 52.2 Å². The van der Waals surface area contributed by atoms with Crippen molar-refractivity contribution in [3.8, 4) is 0 Å². The number of aliphatic hydroxyl groups is 1. The number of nitrogens with one attached hydrogen (secondary N) is 1. The number of carbonyl (C=O) groups excluding carboxylic acids is 1. The Bertz CT molecular complexity index is 1260. The number of alkyl halides is 3. The molecule has 1 fully saturated rings. The van der Waals surface area contributed by atoms with Crippen LogP contribution in [0.25, 0.3) is 0 Å². The van der Waals surface area contributed by atoms with E-state index in [-0.39, 0.29) is 35.4 Å². The van der Waals surface area contributed by atoms with Gasteiger partial charge in [-0.2, -0.15) is 13.2 Å². The van der Waals surface area contributed by atoms with Crippen molar-refractivity contribution in [3.63, 3.8) is 0 Å². The highest BCUT2D eigenvalue weighted by molar-refractivity contribution is 7.91. The molecule has 39 heavy (non-hydrogen) atoms. The molecule has 2 N–H and O–H groups in total. The van der Waals surface area contributed by atoms with Crippen molar-refractivity contribution in [2.45, 2.75) is 75.7 Å². The van der Waals surface area contributed by atoms with E-state index in [0.29, 0.717) is 37.2 Å². The predicted octanol–water partition coefficient (Wildman–Crippen LogP) is 4.37. The molecule has 8 nitrogen and oxygen atoms in total. The normalized spacial score (nSPS) is 22.9. The first-order valence-corrected chi connectivity index (χ1v) is 15.0. The Hall–Kier alpha value is -2.57. The SMILES string of the molecule is CC[C@@H]1c2ncc(C(=O)N[C@@H](CO)c3ccc(S(=O)(=O)CC)cn3)cc2CN1CC1CCC(C(F)(F)F)CC1. The average molecular weight is 569 g/mol. The molecule has 2 atom stereocenters. The Kier molecular flexibility index (Phi) is 8.97. The van der Waals surface area contributed by atoms with Gasteiger partial charge in [-0.25, -0.2) is 8.42 Å². The molecule has 2 aromatic rings. The minimum absolute atomic E-state index is 0.0461. The second-order valence-electron chi connectivity index (χ2n) is 10.4. The Morgan fingerprint density at radius 2 is 1.87 bits per heavy atom. The van der Waals surface area contributed by atoms with Crippen LogP contribution in [0, 0.1) is 11.8 Å². The van der Waals surface area contributed by atoms with Crippen LogP contribution in [-0.2, 0) is 16.4 Å². The standard InChI is InChI=1S/C27H35F3N4O4S/c1-3-24-25-19(15-34(24)14-17-5-7-20(8-6-17)27(28,29)30)11-18(12-32-25)26(36)33-23(16-35)22-10-9-21(13-31-22)39(37,38)4-2/h9-13,17,20,23-24,35H,3-8,14-16H2,1-2H3,(H,33,36)/t17?,20?,23-,24+/m0/s1. The number of hydrogen-bond acceptors (Lipinski definition) is 7. The maximum Gasteiger partial charge on any atom is 0.391 e. The third-order valence-corrected chi connectivity index (χ3v) is 9.65. The molecule has 2 aromatic heterocycles. The number of hydrogen-bond donors (Lipinski definition) is 2. The van der Waals surface area contributed by atoms with Crippen molar-refractivity contribution in [1.82, 2.24) is 20.2 Å². The number of aromatic nitrogens is 2. The number of rotatable bonds is 9. The largest absolute Gasteiger partial charge is 0.394 e. The molecule has 214 valence electrons. The first kappa shape index (κ1) is 29.4. The molecule has 1 amide bonds. The molecule has 0 spiro atoms. The lowest BCUT2D eigenvalue weighted by Crippen LogP contribution is -2.33. The van der Waals surface area contributed by atoms with Crippen LogP contribution in [-0.4, -0.2) is 59.4 Å². The minimum Gasteiger partial charge on any atom is -0.394 e. The minimum atomic E-state index is -4.12. The summed E-state index contributed by atoms with van der Waals surface area (Å²) >= 11 is 0. The molecular formula is C27H35F3N4O4S. The number of sulfone groups is 1. The van der Waals surface area contributed by atoms with Gasteiger partial charge in [0, 0.05) is 25.5 Å². The fourth-order valence-electron chi connectivity index (χ4n) is 5.62. The molecule has 12 heteroatoms. The highest BCUT2D eigenvalue weighted by Crippen LogP contribution is 2.42. The van der Waals surface area contributed by atoms with E-state index >= 15 is 0 Å². The van der Waals surface area contributed by atoms with Gasteiger partial charge < -0.3 is 10.4 Å². The van der Waals surface area contributed by atoms with E-state index in [1.54, 1.807) is 6.07 Å². The maximum absolute atomic E-state index is 13.1. The second-order valence-corrected chi connectivity index (χ2v) is 12.7. The molecule has 0 aromatic carbocycles. The summed E-state index contributed by atoms with van der Waals surface area (Å²) in [5.74, 6) is -1.51. The van der Waals surface area contributed by atoms with E-state index in [4.69, 9.17) is 0 Å². The molecule has 1 aliphatic heterocycles. The van der Waals surface area contributed by atoms with Crippen molar-refractivity contribution in [2.24, 2.45) is 11.8 Å². The van der Waals surface area contributed by atoms with Crippen molar-refractivity contribution in [1.29, 1.82) is 0 Å². The highest BCUT2D eigenvalue weighted by atomic mass is 32.2. The smallest absolute Gasteiger partial charge is 0.391 e. The molecule has 4 rings (SSSR count). The first-order chi connectivity index (χ1) is 18.5. The van der Waals surface area contributed by atoms with E-state index in [1.165, 1.54) is 31.5 Å². The van der Waals surface area contributed by atoms with Crippen molar-refractivity contribution in [3.05, 3.63) is 53.1 Å². The van der Waals surface area contributed by atoms with Crippen molar-refractivity contribution in [2.75, 3.05) is 18.9 Å². The quantitative estimate of drug-likeness (QED) is 0.462. The second kappa shape index (κ2) is 11.9. The van der Waals surface area contributed by atoms with E-state index in [1.807, 2.05) is 6.92 Å². The summed E-state index contributed by atoms with van der Waals surface area (Å²) in [6.45, 7) is 4.42. The van der Waals surface area contributed by atoms with Gasteiger partial charge in [0.2, 0.25) is 0 Å². The van der Waals surface area contributed by atoms with Gasteiger partial charge in [0.1, 0.15) is 0 Å². The van der Waals surface area contributed by atoms with Crippen molar-refractivity contribution >= 4 is 15.7 Å². The molecule has 0 bridgehead atoms. The van der Waals surface area contributed by atoms with Gasteiger partial charge >= 0.3 is 6.18 Å². The summed E-state index contributed by atoms with van der Waals surface area (Å²) in [6, 6.07) is 3.86. The number of nitrogens with zero attached hydrogens (tertiary/aromatic N) is 3. The van der Waals surface area contributed by atoms with E-state index in [9.17, 15) is 31.5 Å². The first-order valence-electron chi connectivity index (χ1n) is 13.4. The number of pyridine rings is 2. The number of fused-ring (bicyclic) bond motifs is 1. The van der Waals surface area contributed by atoms with Crippen LogP contribution in [0.3, 0.4) is 0 Å². The van der Waals surface area contributed by atoms with Gasteiger partial charge in [-0.05, 0) is 61.8 Å². The maximum atomic E-state index is 13.1. The topological polar surface area (TPSA) is 112 Å². The summed E-state index contributed by atoms with van der Waals surface area (Å²) in [7, 11) is -3.42. The zero-order chi connectivity index (χ0) is 28.4. The lowest BCUT2D eigenvalue weighted by Gasteiger charge is -2.33. The fourth-order valence-corrected chi connectivity index (χ4v) is 6.45. The molecule has 2 aliphatic rings. The number of amides is 1. The fraction of sp³-hybridized carbons (Fsp3) is 0.593. The van der Waals surface area contributed by atoms with Gasteiger partial charge in [-0.15, -0.1) is 0 Å². The molecule has 0 radical (unpaired) electrons. The monoisotopic (exact) mass is 568 g/mol. The third-order valence-electron chi connectivity index (χ3n) is 7.93. The predicted molar refractivity (Wildman–Crippen MR) is 138 cm³/mol. The summed E-state index contributed by atoms with van der Waals surface area (Å²) in [4.78, 5) is 24.1. The average Bonchev–Trinajstić information content (AvgIpc) is 3.27. The Morgan fingerprint density at radius 3 is 2.44 bits per heavy atom. The molecular weight excluding hydrogens is 533 g/mol. The van der Waals surface area contributed by atoms with Gasteiger partial charge in [-0.1, -0.05) is 13.8 Å². The van der Waals surface area contributed by atoms with Crippen LogP contribution in [0.4, 0.5) is 13.2 Å². The number of carbonyl (C=O) groups is 1. The lowest BCUT2D eigenvalue weighted by molar-refractivity contribution is -0.184. The number of aliphatic hydroxyl groups excluding tert-OH is 1. The summed E-state index contributed by atoms with van der Waals surface area (Å²) in [5, 5.41) is 12.6. The van der Waals surface area contributed by atoms with E-state index < -0.39 is 40.5 Å². The van der Waals surface area contributed by atoms with Crippen LogP contribution in [0.15, 0.2) is 35.5 Å². The number of halogens is 3. The van der Waals surface area contributed by atoms with E-state index in [0.717, 1.165) is 17.7 Å². The highest BCUT2D eigenvalue weighted by Gasteiger charge is 2.42. The molecule has 1 saturated carbocycles. The van der Waals surface area contributed by atoms with Crippen LogP contribution in [0.1, 0.15) is 85.3 Å².